The molecule has 1 aliphatic rings. The Bertz CT molecular complexity index is 1280. The zero-order valence-corrected chi connectivity index (χ0v) is 16.8. The van der Waals surface area contributed by atoms with E-state index in [0.717, 1.165) is 54.3 Å². The molecule has 0 aliphatic carbocycles. The first kappa shape index (κ1) is 19.0. The van der Waals surface area contributed by atoms with Gasteiger partial charge in [0.1, 0.15) is 0 Å². The lowest BCUT2D eigenvalue weighted by Crippen LogP contribution is -2.46. The SMILES string of the molecule is N#Cc1ccc(-c2cnc3cnc(-c4ccc(C(=O)N5CCNCC5)cc4)cn23)cc1. The van der Waals surface area contributed by atoms with Crippen LogP contribution in [0.1, 0.15) is 15.9 Å². The summed E-state index contributed by atoms with van der Waals surface area (Å²) in [7, 11) is 0. The molecule has 1 aliphatic heterocycles. The second kappa shape index (κ2) is 8.01. The summed E-state index contributed by atoms with van der Waals surface area (Å²) in [5, 5.41) is 12.3. The Morgan fingerprint density at radius 2 is 1.65 bits per heavy atom. The maximum Gasteiger partial charge on any atom is 0.253 e. The van der Waals surface area contributed by atoms with Crippen LogP contribution in [0.3, 0.4) is 0 Å². The van der Waals surface area contributed by atoms with Gasteiger partial charge in [0.05, 0.1) is 35.4 Å². The Balaban J connectivity index is 1.45. The van der Waals surface area contributed by atoms with E-state index in [9.17, 15) is 4.79 Å². The van der Waals surface area contributed by atoms with Crippen LogP contribution in [-0.2, 0) is 0 Å². The fourth-order valence-corrected chi connectivity index (χ4v) is 3.80. The summed E-state index contributed by atoms with van der Waals surface area (Å²) in [6, 6.07) is 17.2. The second-order valence-corrected chi connectivity index (χ2v) is 7.45. The van der Waals surface area contributed by atoms with E-state index in [0.29, 0.717) is 11.1 Å². The molecular formula is C24H20N6O. The van der Waals surface area contributed by atoms with Crippen LogP contribution in [0.2, 0.25) is 0 Å². The highest BCUT2D eigenvalue weighted by Gasteiger charge is 2.18. The Morgan fingerprint density at radius 3 is 2.35 bits per heavy atom. The molecule has 1 saturated heterocycles. The molecule has 7 nitrogen and oxygen atoms in total. The highest BCUT2D eigenvalue weighted by molar-refractivity contribution is 5.94. The zero-order chi connectivity index (χ0) is 21.2. The minimum absolute atomic E-state index is 0.0640. The summed E-state index contributed by atoms with van der Waals surface area (Å²) < 4.78 is 1.99. The number of benzene rings is 2. The quantitative estimate of drug-likeness (QED) is 0.563. The first-order chi connectivity index (χ1) is 15.2. The van der Waals surface area contributed by atoms with Crippen molar-refractivity contribution in [1.82, 2.24) is 24.6 Å². The standard InChI is InChI=1S/C24H20N6O/c25-13-17-1-3-19(4-2-17)22-14-28-23-15-27-21(16-30(22)23)18-5-7-20(8-6-18)24(31)29-11-9-26-10-12-29/h1-8,14-16,26H,9-12H2. The Hall–Kier alpha value is -4.02. The number of amides is 1. The van der Waals surface area contributed by atoms with Gasteiger partial charge in [0, 0.05) is 49.1 Å². The normalized spacial score (nSPS) is 13.8. The van der Waals surface area contributed by atoms with Crippen LogP contribution in [0.25, 0.3) is 28.2 Å². The third-order valence-electron chi connectivity index (χ3n) is 5.54. The van der Waals surface area contributed by atoms with Crippen LogP contribution >= 0.6 is 0 Å². The molecule has 7 heteroatoms. The van der Waals surface area contributed by atoms with Gasteiger partial charge in [-0.1, -0.05) is 24.3 Å². The minimum atomic E-state index is 0.0640. The average Bonchev–Trinajstić information content (AvgIpc) is 3.27. The molecule has 3 heterocycles. The highest BCUT2D eigenvalue weighted by atomic mass is 16.2. The number of piperazine rings is 1. The number of rotatable bonds is 3. The number of nitrogens with zero attached hydrogens (tertiary/aromatic N) is 5. The monoisotopic (exact) mass is 408 g/mol. The van der Waals surface area contributed by atoms with Crippen molar-refractivity contribution < 1.29 is 4.79 Å². The van der Waals surface area contributed by atoms with Crippen LogP contribution in [0.4, 0.5) is 0 Å². The summed E-state index contributed by atoms with van der Waals surface area (Å²) in [4.78, 5) is 23.6. The lowest BCUT2D eigenvalue weighted by molar-refractivity contribution is 0.0736. The maximum absolute atomic E-state index is 12.7. The van der Waals surface area contributed by atoms with Crippen molar-refractivity contribution in [2.75, 3.05) is 26.2 Å². The number of hydrogen-bond acceptors (Lipinski definition) is 5. The lowest BCUT2D eigenvalue weighted by atomic mass is 10.1. The number of carbonyl (C=O) groups excluding carboxylic acids is 1. The molecule has 1 N–H and O–H groups in total. The summed E-state index contributed by atoms with van der Waals surface area (Å²) >= 11 is 0. The van der Waals surface area contributed by atoms with Crippen LogP contribution in [0.15, 0.2) is 67.1 Å². The van der Waals surface area contributed by atoms with Crippen molar-refractivity contribution in [2.45, 2.75) is 0 Å². The van der Waals surface area contributed by atoms with Gasteiger partial charge in [-0.2, -0.15) is 5.26 Å². The van der Waals surface area contributed by atoms with Gasteiger partial charge >= 0.3 is 0 Å². The highest BCUT2D eigenvalue weighted by Crippen LogP contribution is 2.24. The molecule has 31 heavy (non-hydrogen) atoms. The summed E-state index contributed by atoms with van der Waals surface area (Å²) in [5.74, 6) is 0.0640. The van der Waals surface area contributed by atoms with Crippen LogP contribution in [0, 0.1) is 11.3 Å². The average molecular weight is 408 g/mol. The van der Waals surface area contributed by atoms with Crippen molar-refractivity contribution in [3.63, 3.8) is 0 Å². The molecule has 0 spiro atoms. The fourth-order valence-electron chi connectivity index (χ4n) is 3.80. The number of carbonyl (C=O) groups is 1. The zero-order valence-electron chi connectivity index (χ0n) is 16.8. The molecule has 0 bridgehead atoms. The molecule has 5 rings (SSSR count). The van der Waals surface area contributed by atoms with Crippen LogP contribution < -0.4 is 5.32 Å². The van der Waals surface area contributed by atoms with Gasteiger partial charge in [-0.25, -0.2) is 4.98 Å². The number of nitrogens with one attached hydrogen (secondary N) is 1. The topological polar surface area (TPSA) is 86.3 Å². The molecule has 1 amide bonds. The molecule has 4 aromatic rings. The molecule has 2 aromatic heterocycles. The van der Waals surface area contributed by atoms with Crippen molar-refractivity contribution in [3.8, 4) is 28.6 Å². The van der Waals surface area contributed by atoms with Crippen molar-refractivity contribution in [2.24, 2.45) is 0 Å². The molecule has 152 valence electrons. The molecular weight excluding hydrogens is 388 g/mol. The number of imidazole rings is 1. The Labute approximate surface area is 179 Å². The predicted molar refractivity (Wildman–Crippen MR) is 117 cm³/mol. The first-order valence-electron chi connectivity index (χ1n) is 10.2. The molecule has 0 saturated carbocycles. The smallest absolute Gasteiger partial charge is 0.253 e. The van der Waals surface area contributed by atoms with Gasteiger partial charge in [-0.05, 0) is 24.3 Å². The van der Waals surface area contributed by atoms with Gasteiger partial charge in [0.2, 0.25) is 0 Å². The first-order valence-corrected chi connectivity index (χ1v) is 10.2. The van der Waals surface area contributed by atoms with E-state index < -0.39 is 0 Å². The Morgan fingerprint density at radius 1 is 0.935 bits per heavy atom. The van der Waals surface area contributed by atoms with Crippen molar-refractivity contribution in [1.29, 1.82) is 5.26 Å². The van der Waals surface area contributed by atoms with Gasteiger partial charge in [-0.3, -0.25) is 14.2 Å². The molecule has 0 unspecified atom stereocenters. The molecule has 2 aromatic carbocycles. The number of nitriles is 1. The molecule has 1 fully saturated rings. The van der Waals surface area contributed by atoms with E-state index in [1.165, 1.54) is 0 Å². The van der Waals surface area contributed by atoms with Crippen molar-refractivity contribution in [3.05, 3.63) is 78.2 Å². The number of fused-ring (bicyclic) bond motifs is 1. The minimum Gasteiger partial charge on any atom is -0.336 e. The third kappa shape index (κ3) is 3.65. The van der Waals surface area contributed by atoms with Gasteiger partial charge in [0.25, 0.3) is 5.91 Å². The molecule has 0 atom stereocenters. The van der Waals surface area contributed by atoms with Crippen LogP contribution in [-0.4, -0.2) is 51.4 Å². The fraction of sp³-hybridized carbons (Fsp3) is 0.167. The maximum atomic E-state index is 12.7. The summed E-state index contributed by atoms with van der Waals surface area (Å²) in [6.07, 6.45) is 5.49. The van der Waals surface area contributed by atoms with E-state index in [2.05, 4.69) is 21.4 Å². The van der Waals surface area contributed by atoms with Gasteiger partial charge < -0.3 is 10.2 Å². The molecule has 0 radical (unpaired) electrons. The van der Waals surface area contributed by atoms with E-state index in [1.54, 1.807) is 24.5 Å². The predicted octanol–water partition coefficient (Wildman–Crippen LogP) is 2.98. The summed E-state index contributed by atoms with van der Waals surface area (Å²) in [6.45, 7) is 3.13. The largest absolute Gasteiger partial charge is 0.336 e. The van der Waals surface area contributed by atoms with Crippen LogP contribution in [0.5, 0.6) is 0 Å². The van der Waals surface area contributed by atoms with Crippen molar-refractivity contribution >= 4 is 11.6 Å². The number of hydrogen-bond donors (Lipinski definition) is 1. The summed E-state index contributed by atoms with van der Waals surface area (Å²) in [5.41, 5.74) is 5.67. The Kier molecular flexibility index (Phi) is 4.90. The third-order valence-corrected chi connectivity index (χ3v) is 5.54. The van der Waals surface area contributed by atoms with Gasteiger partial charge in [0.15, 0.2) is 5.65 Å². The van der Waals surface area contributed by atoms with E-state index in [4.69, 9.17) is 5.26 Å². The van der Waals surface area contributed by atoms with Gasteiger partial charge in [-0.15, -0.1) is 0 Å². The van der Waals surface area contributed by atoms with E-state index in [1.807, 2.05) is 51.9 Å². The second-order valence-electron chi connectivity index (χ2n) is 7.45. The number of aromatic nitrogens is 3. The van der Waals surface area contributed by atoms with E-state index >= 15 is 0 Å². The lowest BCUT2D eigenvalue weighted by Gasteiger charge is -2.27. The van der Waals surface area contributed by atoms with E-state index in [-0.39, 0.29) is 5.91 Å².